The van der Waals surface area contributed by atoms with Gasteiger partial charge in [0.05, 0.1) is 17.7 Å². The minimum absolute atomic E-state index is 0.269. The van der Waals surface area contributed by atoms with Crippen LogP contribution in [0.1, 0.15) is 11.6 Å². The first-order chi connectivity index (χ1) is 6.31. The summed E-state index contributed by atoms with van der Waals surface area (Å²) < 4.78 is 5.28. The smallest absolute Gasteiger partial charge is 0.259 e. The Morgan fingerprint density at radius 3 is 2.92 bits per heavy atom. The third kappa shape index (κ3) is 1.45. The average Bonchev–Trinajstić information content (AvgIpc) is 2.71. The van der Waals surface area contributed by atoms with E-state index in [0.717, 1.165) is 10.6 Å². The fourth-order valence-electron chi connectivity index (χ4n) is 0.935. The summed E-state index contributed by atoms with van der Waals surface area (Å²) in [6.45, 7) is 2.17. The van der Waals surface area contributed by atoms with Gasteiger partial charge in [-0.1, -0.05) is 0 Å². The molecule has 0 radical (unpaired) electrons. The molecule has 2 rings (SSSR count). The van der Waals surface area contributed by atoms with E-state index >= 15 is 0 Å². The molecular formula is C7H8N4OS. The molecule has 0 atom stereocenters. The number of thiazole rings is 1. The largest absolute Gasteiger partial charge is 0.418 e. The van der Waals surface area contributed by atoms with Crippen LogP contribution in [0.3, 0.4) is 0 Å². The van der Waals surface area contributed by atoms with Crippen LogP contribution in [0.25, 0.3) is 10.8 Å². The number of aryl methyl sites for hydroxylation is 1. The topological polar surface area (TPSA) is 77.8 Å². The summed E-state index contributed by atoms with van der Waals surface area (Å²) in [4.78, 5) is 5.00. The number of nitrogens with zero attached hydrogens (tertiary/aromatic N) is 3. The Hall–Kier alpha value is -1.27. The van der Waals surface area contributed by atoms with Crippen molar-refractivity contribution in [1.29, 1.82) is 0 Å². The van der Waals surface area contributed by atoms with Crippen LogP contribution in [0.15, 0.2) is 9.93 Å². The normalized spacial score (nSPS) is 10.6. The predicted octanol–water partition coefficient (Wildman–Crippen LogP) is 0.960. The summed E-state index contributed by atoms with van der Waals surface area (Å²) in [7, 11) is 0. The van der Waals surface area contributed by atoms with Gasteiger partial charge in [0.1, 0.15) is 4.88 Å². The highest BCUT2D eigenvalue weighted by atomic mass is 32.1. The first kappa shape index (κ1) is 8.33. The van der Waals surface area contributed by atoms with Crippen molar-refractivity contribution in [2.24, 2.45) is 5.73 Å². The number of aromatic nitrogens is 3. The predicted molar refractivity (Wildman–Crippen MR) is 48.0 cm³/mol. The average molecular weight is 196 g/mol. The lowest BCUT2D eigenvalue weighted by molar-refractivity contribution is 0.509. The van der Waals surface area contributed by atoms with Crippen LogP contribution < -0.4 is 5.73 Å². The van der Waals surface area contributed by atoms with E-state index in [9.17, 15) is 0 Å². The molecule has 2 aromatic rings. The van der Waals surface area contributed by atoms with Crippen molar-refractivity contribution >= 4 is 11.3 Å². The Kier molecular flexibility index (Phi) is 2.07. The van der Waals surface area contributed by atoms with E-state index in [1.165, 1.54) is 11.3 Å². The minimum atomic E-state index is 0.269. The molecule has 0 unspecified atom stereocenters. The molecule has 13 heavy (non-hydrogen) atoms. The number of hydrogen-bond donors (Lipinski definition) is 1. The number of hydrogen-bond acceptors (Lipinski definition) is 6. The van der Waals surface area contributed by atoms with Crippen LogP contribution >= 0.6 is 11.3 Å². The van der Waals surface area contributed by atoms with Gasteiger partial charge in [-0.2, -0.15) is 0 Å². The molecule has 0 aliphatic rings. The summed E-state index contributed by atoms with van der Waals surface area (Å²) in [5, 5.41) is 7.63. The summed E-state index contributed by atoms with van der Waals surface area (Å²) in [6.07, 6.45) is 0. The first-order valence-electron chi connectivity index (χ1n) is 3.74. The van der Waals surface area contributed by atoms with E-state index < -0.39 is 0 Å². The molecule has 0 bridgehead atoms. The van der Waals surface area contributed by atoms with Crippen molar-refractivity contribution in [2.75, 3.05) is 0 Å². The molecular weight excluding hydrogens is 188 g/mol. The van der Waals surface area contributed by atoms with Gasteiger partial charge in [-0.05, 0) is 6.92 Å². The van der Waals surface area contributed by atoms with E-state index in [1.54, 1.807) is 5.51 Å². The highest BCUT2D eigenvalue weighted by Crippen LogP contribution is 2.25. The van der Waals surface area contributed by atoms with E-state index in [1.807, 2.05) is 6.92 Å². The lowest BCUT2D eigenvalue weighted by atomic mass is 10.4. The zero-order valence-electron chi connectivity index (χ0n) is 7.02. The molecule has 2 heterocycles. The van der Waals surface area contributed by atoms with Gasteiger partial charge >= 0.3 is 0 Å². The molecule has 0 fully saturated rings. The van der Waals surface area contributed by atoms with E-state index in [2.05, 4.69) is 15.2 Å². The van der Waals surface area contributed by atoms with Crippen molar-refractivity contribution in [3.63, 3.8) is 0 Å². The van der Waals surface area contributed by atoms with E-state index in [-0.39, 0.29) is 6.54 Å². The monoisotopic (exact) mass is 196 g/mol. The molecule has 0 aromatic carbocycles. The SMILES string of the molecule is Cc1ncsc1-c1nnc(CN)o1. The maximum absolute atomic E-state index is 5.35. The second-order valence-corrected chi connectivity index (χ2v) is 3.33. The standard InChI is InChI=1S/C7H8N4OS/c1-4-6(13-3-9-4)7-11-10-5(2-8)12-7/h3H,2,8H2,1H3. The third-order valence-corrected chi connectivity index (χ3v) is 2.50. The zero-order valence-corrected chi connectivity index (χ0v) is 7.84. The van der Waals surface area contributed by atoms with Crippen LogP contribution in [0.5, 0.6) is 0 Å². The van der Waals surface area contributed by atoms with Gasteiger partial charge in [-0.3, -0.25) is 0 Å². The molecule has 0 aliphatic carbocycles. The molecule has 2 N–H and O–H groups in total. The molecule has 0 amide bonds. The Balaban J connectivity index is 2.41. The summed E-state index contributed by atoms with van der Waals surface area (Å²) in [5.74, 6) is 0.947. The zero-order chi connectivity index (χ0) is 9.26. The Morgan fingerprint density at radius 1 is 1.54 bits per heavy atom. The fraction of sp³-hybridized carbons (Fsp3) is 0.286. The molecule has 68 valence electrons. The first-order valence-corrected chi connectivity index (χ1v) is 4.62. The minimum Gasteiger partial charge on any atom is -0.418 e. The Labute approximate surface area is 78.6 Å². The Bertz CT molecular complexity index is 408. The van der Waals surface area contributed by atoms with Crippen molar-refractivity contribution in [2.45, 2.75) is 13.5 Å². The van der Waals surface area contributed by atoms with E-state index in [0.29, 0.717) is 11.8 Å². The highest BCUT2D eigenvalue weighted by Gasteiger charge is 2.11. The molecule has 0 saturated carbocycles. The van der Waals surface area contributed by atoms with Gasteiger partial charge in [0, 0.05) is 0 Å². The maximum Gasteiger partial charge on any atom is 0.259 e. The van der Waals surface area contributed by atoms with Gasteiger partial charge in [0.15, 0.2) is 0 Å². The van der Waals surface area contributed by atoms with Crippen molar-refractivity contribution in [3.05, 3.63) is 17.1 Å². The van der Waals surface area contributed by atoms with Gasteiger partial charge in [0.25, 0.3) is 5.89 Å². The van der Waals surface area contributed by atoms with Gasteiger partial charge in [-0.25, -0.2) is 4.98 Å². The molecule has 6 heteroatoms. The second kappa shape index (κ2) is 3.23. The summed E-state index contributed by atoms with van der Waals surface area (Å²) in [5.41, 5.74) is 7.99. The quantitative estimate of drug-likeness (QED) is 0.774. The molecule has 2 aromatic heterocycles. The van der Waals surface area contributed by atoms with Crippen LogP contribution in [0.2, 0.25) is 0 Å². The fourth-order valence-corrected chi connectivity index (χ4v) is 1.66. The van der Waals surface area contributed by atoms with E-state index in [4.69, 9.17) is 10.2 Å². The van der Waals surface area contributed by atoms with Crippen LogP contribution in [0, 0.1) is 6.92 Å². The summed E-state index contributed by atoms with van der Waals surface area (Å²) in [6, 6.07) is 0. The van der Waals surface area contributed by atoms with Crippen molar-refractivity contribution in [3.8, 4) is 10.8 Å². The molecule has 0 aliphatic heterocycles. The van der Waals surface area contributed by atoms with Crippen LogP contribution in [0.4, 0.5) is 0 Å². The van der Waals surface area contributed by atoms with Crippen LogP contribution in [-0.2, 0) is 6.54 Å². The van der Waals surface area contributed by atoms with Gasteiger partial charge in [0.2, 0.25) is 5.89 Å². The second-order valence-electron chi connectivity index (χ2n) is 2.47. The molecule has 0 saturated heterocycles. The van der Waals surface area contributed by atoms with Gasteiger partial charge in [-0.15, -0.1) is 21.5 Å². The molecule has 0 spiro atoms. The van der Waals surface area contributed by atoms with Crippen molar-refractivity contribution < 1.29 is 4.42 Å². The lowest BCUT2D eigenvalue weighted by Gasteiger charge is -1.88. The van der Waals surface area contributed by atoms with Gasteiger partial charge < -0.3 is 10.2 Å². The number of nitrogens with two attached hydrogens (primary N) is 1. The molecule has 5 nitrogen and oxygen atoms in total. The maximum atomic E-state index is 5.35. The highest BCUT2D eigenvalue weighted by molar-refractivity contribution is 7.13. The van der Waals surface area contributed by atoms with Crippen LogP contribution in [-0.4, -0.2) is 15.2 Å². The number of rotatable bonds is 2. The Morgan fingerprint density at radius 2 is 2.38 bits per heavy atom. The third-order valence-electron chi connectivity index (χ3n) is 1.58. The van der Waals surface area contributed by atoms with Crippen molar-refractivity contribution in [1.82, 2.24) is 15.2 Å². The lowest BCUT2D eigenvalue weighted by Crippen LogP contribution is -1.95. The summed E-state index contributed by atoms with van der Waals surface area (Å²) >= 11 is 1.48.